The van der Waals surface area contributed by atoms with Gasteiger partial charge in [-0.1, -0.05) is 12.1 Å². The lowest BCUT2D eigenvalue weighted by molar-refractivity contribution is 0.627. The SMILES string of the molecule is Cn1nc(C2CC2)cc1NCc1ccc(F)cc1. The van der Waals surface area contributed by atoms with E-state index in [9.17, 15) is 4.39 Å². The molecule has 18 heavy (non-hydrogen) atoms. The first-order valence-electron chi connectivity index (χ1n) is 6.24. The van der Waals surface area contributed by atoms with Crippen LogP contribution < -0.4 is 5.32 Å². The number of hydrogen-bond donors (Lipinski definition) is 1. The second kappa shape index (κ2) is 4.44. The van der Waals surface area contributed by atoms with E-state index >= 15 is 0 Å². The van der Waals surface area contributed by atoms with E-state index in [-0.39, 0.29) is 5.82 Å². The molecule has 0 saturated heterocycles. The Balaban J connectivity index is 1.67. The van der Waals surface area contributed by atoms with Crippen molar-refractivity contribution in [3.05, 3.63) is 47.4 Å². The molecule has 1 aromatic heterocycles. The number of aromatic nitrogens is 2. The lowest BCUT2D eigenvalue weighted by Gasteiger charge is -2.06. The van der Waals surface area contributed by atoms with Crippen LogP contribution in [0.25, 0.3) is 0 Å². The maximum Gasteiger partial charge on any atom is 0.124 e. The maximum absolute atomic E-state index is 12.8. The summed E-state index contributed by atoms with van der Waals surface area (Å²) < 4.78 is 14.7. The molecule has 0 unspecified atom stereocenters. The molecule has 1 aliphatic carbocycles. The van der Waals surface area contributed by atoms with E-state index in [1.165, 1.54) is 30.7 Å². The Hall–Kier alpha value is -1.84. The van der Waals surface area contributed by atoms with Crippen LogP contribution in [0.15, 0.2) is 30.3 Å². The number of anilines is 1. The fourth-order valence-corrected chi connectivity index (χ4v) is 2.03. The van der Waals surface area contributed by atoms with Gasteiger partial charge in [-0.05, 0) is 30.5 Å². The molecule has 94 valence electrons. The minimum Gasteiger partial charge on any atom is -0.366 e. The fourth-order valence-electron chi connectivity index (χ4n) is 2.03. The molecule has 0 spiro atoms. The number of hydrogen-bond acceptors (Lipinski definition) is 2. The van der Waals surface area contributed by atoms with Gasteiger partial charge in [-0.3, -0.25) is 4.68 Å². The number of nitrogens with zero attached hydrogens (tertiary/aromatic N) is 2. The molecular weight excluding hydrogens is 229 g/mol. The highest BCUT2D eigenvalue weighted by molar-refractivity contribution is 5.39. The highest BCUT2D eigenvalue weighted by Crippen LogP contribution is 2.39. The lowest BCUT2D eigenvalue weighted by atomic mass is 10.2. The van der Waals surface area contributed by atoms with Crippen molar-refractivity contribution in [2.75, 3.05) is 5.32 Å². The van der Waals surface area contributed by atoms with Crippen LogP contribution >= 0.6 is 0 Å². The van der Waals surface area contributed by atoms with Crippen LogP contribution in [0.2, 0.25) is 0 Å². The molecule has 0 aliphatic heterocycles. The summed E-state index contributed by atoms with van der Waals surface area (Å²) in [6.45, 7) is 0.684. The molecule has 1 fully saturated rings. The minimum absolute atomic E-state index is 0.199. The zero-order valence-electron chi connectivity index (χ0n) is 10.4. The summed E-state index contributed by atoms with van der Waals surface area (Å²) in [5.41, 5.74) is 2.24. The molecule has 0 radical (unpaired) electrons. The van der Waals surface area contributed by atoms with Crippen molar-refractivity contribution in [3.63, 3.8) is 0 Å². The zero-order chi connectivity index (χ0) is 12.5. The molecule has 1 N–H and O–H groups in total. The van der Waals surface area contributed by atoms with Gasteiger partial charge >= 0.3 is 0 Å². The molecule has 4 heteroatoms. The highest BCUT2D eigenvalue weighted by Gasteiger charge is 2.26. The molecule has 0 atom stereocenters. The van der Waals surface area contributed by atoms with Crippen LogP contribution in [-0.4, -0.2) is 9.78 Å². The van der Waals surface area contributed by atoms with E-state index in [2.05, 4.69) is 16.5 Å². The molecular formula is C14H16FN3. The first kappa shape index (κ1) is 11.3. The first-order valence-corrected chi connectivity index (χ1v) is 6.24. The fraction of sp³-hybridized carbons (Fsp3) is 0.357. The smallest absolute Gasteiger partial charge is 0.124 e. The third kappa shape index (κ3) is 2.37. The Labute approximate surface area is 106 Å². The third-order valence-electron chi connectivity index (χ3n) is 3.28. The Morgan fingerprint density at radius 3 is 2.72 bits per heavy atom. The summed E-state index contributed by atoms with van der Waals surface area (Å²) in [5, 5.41) is 7.82. The predicted molar refractivity (Wildman–Crippen MR) is 68.9 cm³/mol. The van der Waals surface area contributed by atoms with Crippen molar-refractivity contribution in [1.82, 2.24) is 9.78 Å². The Morgan fingerprint density at radius 2 is 2.06 bits per heavy atom. The Kier molecular flexibility index (Phi) is 2.78. The van der Waals surface area contributed by atoms with Crippen molar-refractivity contribution in [1.29, 1.82) is 0 Å². The average molecular weight is 245 g/mol. The largest absolute Gasteiger partial charge is 0.366 e. The van der Waals surface area contributed by atoms with Gasteiger partial charge in [0.15, 0.2) is 0 Å². The standard InChI is InChI=1S/C14H16FN3/c1-18-14(8-13(17-18)11-4-5-11)16-9-10-2-6-12(15)7-3-10/h2-3,6-8,11,16H,4-5,9H2,1H3. The average Bonchev–Trinajstić information content (AvgIpc) is 3.14. The van der Waals surface area contributed by atoms with Crippen LogP contribution in [0, 0.1) is 5.82 Å². The summed E-state index contributed by atoms with van der Waals surface area (Å²) in [7, 11) is 1.94. The van der Waals surface area contributed by atoms with Crippen molar-refractivity contribution in [2.45, 2.75) is 25.3 Å². The van der Waals surface area contributed by atoms with Crippen LogP contribution in [-0.2, 0) is 13.6 Å². The molecule has 2 aromatic rings. The van der Waals surface area contributed by atoms with Gasteiger partial charge in [-0.15, -0.1) is 0 Å². The van der Waals surface area contributed by atoms with Crippen molar-refractivity contribution in [3.8, 4) is 0 Å². The Bertz CT molecular complexity index is 541. The number of halogens is 1. The second-order valence-corrected chi connectivity index (χ2v) is 4.83. The summed E-state index contributed by atoms with van der Waals surface area (Å²) in [4.78, 5) is 0. The van der Waals surface area contributed by atoms with Gasteiger partial charge in [-0.2, -0.15) is 5.10 Å². The summed E-state index contributed by atoms with van der Waals surface area (Å²) in [6, 6.07) is 8.66. The van der Waals surface area contributed by atoms with E-state index in [0.717, 1.165) is 11.4 Å². The van der Waals surface area contributed by atoms with Gasteiger partial charge in [0.2, 0.25) is 0 Å². The Morgan fingerprint density at radius 1 is 1.33 bits per heavy atom. The molecule has 1 aromatic carbocycles. The minimum atomic E-state index is -0.199. The summed E-state index contributed by atoms with van der Waals surface area (Å²) in [6.07, 6.45) is 2.52. The van der Waals surface area contributed by atoms with Crippen LogP contribution in [0.1, 0.15) is 30.0 Å². The van der Waals surface area contributed by atoms with E-state index < -0.39 is 0 Å². The number of rotatable bonds is 4. The molecule has 3 rings (SSSR count). The van der Waals surface area contributed by atoms with Crippen LogP contribution in [0.3, 0.4) is 0 Å². The lowest BCUT2D eigenvalue weighted by Crippen LogP contribution is -2.04. The normalized spacial score (nSPS) is 14.8. The van der Waals surface area contributed by atoms with Gasteiger partial charge in [0.25, 0.3) is 0 Å². The second-order valence-electron chi connectivity index (χ2n) is 4.83. The van der Waals surface area contributed by atoms with Crippen molar-refractivity contribution in [2.24, 2.45) is 7.05 Å². The number of aryl methyl sites for hydroxylation is 1. The summed E-state index contributed by atoms with van der Waals surface area (Å²) in [5.74, 6) is 1.48. The summed E-state index contributed by atoms with van der Waals surface area (Å²) >= 11 is 0. The number of benzene rings is 1. The van der Waals surface area contributed by atoms with Gasteiger partial charge in [0.1, 0.15) is 11.6 Å². The molecule has 0 bridgehead atoms. The third-order valence-corrected chi connectivity index (χ3v) is 3.28. The topological polar surface area (TPSA) is 29.9 Å². The molecule has 1 saturated carbocycles. The predicted octanol–water partition coefficient (Wildman–Crippen LogP) is 3.05. The quantitative estimate of drug-likeness (QED) is 0.897. The molecule has 1 aliphatic rings. The molecule has 3 nitrogen and oxygen atoms in total. The van der Waals surface area contributed by atoms with Crippen LogP contribution in [0.5, 0.6) is 0 Å². The highest BCUT2D eigenvalue weighted by atomic mass is 19.1. The monoisotopic (exact) mass is 245 g/mol. The molecule has 0 amide bonds. The van der Waals surface area contributed by atoms with Gasteiger partial charge in [-0.25, -0.2) is 4.39 Å². The van der Waals surface area contributed by atoms with E-state index in [1.54, 1.807) is 12.1 Å². The zero-order valence-corrected chi connectivity index (χ0v) is 10.4. The molecule has 1 heterocycles. The van der Waals surface area contributed by atoms with E-state index in [4.69, 9.17) is 0 Å². The van der Waals surface area contributed by atoms with Crippen molar-refractivity contribution >= 4 is 5.82 Å². The van der Waals surface area contributed by atoms with E-state index in [1.807, 2.05) is 11.7 Å². The van der Waals surface area contributed by atoms with Gasteiger partial charge in [0, 0.05) is 25.6 Å². The van der Waals surface area contributed by atoms with Gasteiger partial charge in [0.05, 0.1) is 5.69 Å². The van der Waals surface area contributed by atoms with Gasteiger partial charge < -0.3 is 5.32 Å². The first-order chi connectivity index (χ1) is 8.72. The van der Waals surface area contributed by atoms with E-state index in [0.29, 0.717) is 12.5 Å². The number of nitrogens with one attached hydrogen (secondary N) is 1. The maximum atomic E-state index is 12.8. The van der Waals surface area contributed by atoms with Crippen LogP contribution in [0.4, 0.5) is 10.2 Å². The van der Waals surface area contributed by atoms with Crippen molar-refractivity contribution < 1.29 is 4.39 Å².